The summed E-state index contributed by atoms with van der Waals surface area (Å²) in [4.78, 5) is 0. The molecule has 4 heteroatoms. The van der Waals surface area contributed by atoms with E-state index in [2.05, 4.69) is 53.6 Å². The second kappa shape index (κ2) is 3.81. The molecule has 1 N–H and O–H groups in total. The van der Waals surface area contributed by atoms with Gasteiger partial charge in [0.1, 0.15) is 5.51 Å². The first-order valence-electron chi connectivity index (χ1n) is 5.77. The number of aromatic nitrogens is 2. The molecule has 0 fully saturated rings. The highest BCUT2D eigenvalue weighted by Gasteiger charge is 2.38. The summed E-state index contributed by atoms with van der Waals surface area (Å²) in [7, 11) is 0. The second-order valence-electron chi connectivity index (χ2n) is 5.19. The lowest BCUT2D eigenvalue weighted by Gasteiger charge is -2.28. The molecule has 0 amide bonds. The molecule has 0 saturated carbocycles. The zero-order valence-corrected chi connectivity index (χ0v) is 10.8. The standard InChI is InChI=1S/C13H15N3S/c1-13(2)7-9-5-3-4-6-10(9)11(13)15-12-16-14-8-17-12/h3-6,8,11H,7H2,1-2H3,(H,15,16). The molecule has 1 aliphatic rings. The van der Waals surface area contributed by atoms with Crippen LogP contribution in [0.5, 0.6) is 0 Å². The molecule has 1 aromatic heterocycles. The Hall–Kier alpha value is -1.42. The van der Waals surface area contributed by atoms with Crippen molar-refractivity contribution in [2.75, 3.05) is 5.32 Å². The highest BCUT2D eigenvalue weighted by atomic mass is 32.1. The minimum atomic E-state index is 0.218. The number of anilines is 1. The Labute approximate surface area is 105 Å². The van der Waals surface area contributed by atoms with Crippen LogP contribution in [0.3, 0.4) is 0 Å². The number of benzene rings is 1. The van der Waals surface area contributed by atoms with Gasteiger partial charge in [0.2, 0.25) is 5.13 Å². The molecule has 2 aromatic rings. The van der Waals surface area contributed by atoms with Crippen LogP contribution in [-0.4, -0.2) is 10.2 Å². The zero-order valence-electron chi connectivity index (χ0n) is 9.97. The van der Waals surface area contributed by atoms with E-state index in [1.54, 1.807) is 16.8 Å². The van der Waals surface area contributed by atoms with E-state index in [9.17, 15) is 0 Å². The van der Waals surface area contributed by atoms with Gasteiger partial charge in [-0.15, -0.1) is 10.2 Å². The summed E-state index contributed by atoms with van der Waals surface area (Å²) >= 11 is 1.55. The minimum Gasteiger partial charge on any atom is -0.353 e. The van der Waals surface area contributed by atoms with Gasteiger partial charge in [-0.05, 0) is 23.0 Å². The maximum Gasteiger partial charge on any atom is 0.205 e. The Kier molecular flexibility index (Phi) is 2.40. The third-order valence-electron chi connectivity index (χ3n) is 3.42. The predicted octanol–water partition coefficient (Wildman–Crippen LogP) is 3.27. The maximum absolute atomic E-state index is 4.08. The maximum atomic E-state index is 4.08. The molecule has 88 valence electrons. The van der Waals surface area contributed by atoms with E-state index in [1.165, 1.54) is 11.1 Å². The summed E-state index contributed by atoms with van der Waals surface area (Å²) in [5, 5.41) is 12.4. The summed E-state index contributed by atoms with van der Waals surface area (Å²) in [5.74, 6) is 0. The van der Waals surface area contributed by atoms with Crippen LogP contribution < -0.4 is 5.32 Å². The third kappa shape index (κ3) is 1.82. The molecule has 1 aliphatic carbocycles. The van der Waals surface area contributed by atoms with Gasteiger partial charge in [-0.25, -0.2) is 0 Å². The van der Waals surface area contributed by atoms with Gasteiger partial charge >= 0.3 is 0 Å². The van der Waals surface area contributed by atoms with Gasteiger partial charge in [-0.1, -0.05) is 49.4 Å². The van der Waals surface area contributed by atoms with Crippen LogP contribution in [0.4, 0.5) is 5.13 Å². The summed E-state index contributed by atoms with van der Waals surface area (Å²) in [6, 6.07) is 8.98. The molecule has 1 aromatic carbocycles. The fourth-order valence-corrected chi connectivity index (χ4v) is 3.10. The largest absolute Gasteiger partial charge is 0.353 e. The first kappa shape index (κ1) is 10.7. The molecule has 0 spiro atoms. The van der Waals surface area contributed by atoms with Crippen molar-refractivity contribution in [3.8, 4) is 0 Å². The lowest BCUT2D eigenvalue weighted by atomic mass is 9.85. The average Bonchev–Trinajstić information content (AvgIpc) is 2.86. The molecular weight excluding hydrogens is 230 g/mol. The number of hydrogen-bond acceptors (Lipinski definition) is 4. The van der Waals surface area contributed by atoms with Crippen LogP contribution in [0.25, 0.3) is 0 Å². The SMILES string of the molecule is CC1(C)Cc2ccccc2C1Nc1nncs1. The van der Waals surface area contributed by atoms with Crippen LogP contribution >= 0.6 is 11.3 Å². The Bertz CT molecular complexity index is 519. The van der Waals surface area contributed by atoms with E-state index in [0.29, 0.717) is 6.04 Å². The van der Waals surface area contributed by atoms with Crippen molar-refractivity contribution in [3.63, 3.8) is 0 Å². The highest BCUT2D eigenvalue weighted by molar-refractivity contribution is 7.13. The fourth-order valence-electron chi connectivity index (χ4n) is 2.62. The van der Waals surface area contributed by atoms with Crippen molar-refractivity contribution in [2.45, 2.75) is 26.3 Å². The Morgan fingerprint density at radius 2 is 2.18 bits per heavy atom. The van der Waals surface area contributed by atoms with Crippen molar-refractivity contribution in [2.24, 2.45) is 5.41 Å². The van der Waals surface area contributed by atoms with E-state index in [1.807, 2.05) is 0 Å². The van der Waals surface area contributed by atoms with Gasteiger partial charge in [0.05, 0.1) is 6.04 Å². The second-order valence-corrected chi connectivity index (χ2v) is 6.02. The predicted molar refractivity (Wildman–Crippen MR) is 70.2 cm³/mol. The molecule has 0 saturated heterocycles. The lowest BCUT2D eigenvalue weighted by molar-refractivity contribution is 0.337. The van der Waals surface area contributed by atoms with E-state index < -0.39 is 0 Å². The monoisotopic (exact) mass is 245 g/mol. The molecule has 0 radical (unpaired) electrons. The van der Waals surface area contributed by atoms with E-state index >= 15 is 0 Å². The van der Waals surface area contributed by atoms with E-state index in [0.717, 1.165) is 11.6 Å². The fraction of sp³-hybridized carbons (Fsp3) is 0.385. The van der Waals surface area contributed by atoms with Crippen LogP contribution in [0.1, 0.15) is 31.0 Å². The summed E-state index contributed by atoms with van der Waals surface area (Å²) in [6.07, 6.45) is 1.11. The highest BCUT2D eigenvalue weighted by Crippen LogP contribution is 2.46. The minimum absolute atomic E-state index is 0.218. The van der Waals surface area contributed by atoms with Crippen molar-refractivity contribution < 1.29 is 0 Å². The quantitative estimate of drug-likeness (QED) is 0.882. The smallest absolute Gasteiger partial charge is 0.205 e. The van der Waals surface area contributed by atoms with E-state index in [-0.39, 0.29) is 5.41 Å². The number of nitrogens with one attached hydrogen (secondary N) is 1. The van der Waals surface area contributed by atoms with Crippen molar-refractivity contribution in [1.29, 1.82) is 0 Å². The number of rotatable bonds is 2. The average molecular weight is 245 g/mol. The van der Waals surface area contributed by atoms with Crippen LogP contribution in [0.15, 0.2) is 29.8 Å². The Balaban J connectivity index is 1.97. The molecular formula is C13H15N3S. The normalized spacial score (nSPS) is 21.2. The zero-order chi connectivity index (χ0) is 11.9. The first-order chi connectivity index (χ1) is 8.17. The molecule has 3 rings (SSSR count). The van der Waals surface area contributed by atoms with Gasteiger partial charge < -0.3 is 5.32 Å². The van der Waals surface area contributed by atoms with E-state index in [4.69, 9.17) is 0 Å². The number of nitrogens with zero attached hydrogens (tertiary/aromatic N) is 2. The Morgan fingerprint density at radius 3 is 2.94 bits per heavy atom. The Morgan fingerprint density at radius 1 is 1.35 bits per heavy atom. The van der Waals surface area contributed by atoms with Gasteiger partial charge in [0, 0.05) is 0 Å². The van der Waals surface area contributed by atoms with Gasteiger partial charge in [0.25, 0.3) is 0 Å². The topological polar surface area (TPSA) is 37.8 Å². The van der Waals surface area contributed by atoms with Gasteiger partial charge in [0.15, 0.2) is 0 Å². The molecule has 0 aliphatic heterocycles. The van der Waals surface area contributed by atoms with Crippen molar-refractivity contribution in [3.05, 3.63) is 40.9 Å². The number of fused-ring (bicyclic) bond motifs is 1. The number of hydrogen-bond donors (Lipinski definition) is 1. The molecule has 1 unspecified atom stereocenters. The van der Waals surface area contributed by atoms with Crippen molar-refractivity contribution in [1.82, 2.24) is 10.2 Å². The summed E-state index contributed by atoms with van der Waals surface area (Å²) in [5.41, 5.74) is 4.82. The van der Waals surface area contributed by atoms with Crippen molar-refractivity contribution >= 4 is 16.5 Å². The van der Waals surface area contributed by atoms with Crippen LogP contribution in [-0.2, 0) is 6.42 Å². The van der Waals surface area contributed by atoms with Crippen LogP contribution in [0, 0.1) is 5.41 Å². The first-order valence-corrected chi connectivity index (χ1v) is 6.65. The molecule has 0 bridgehead atoms. The van der Waals surface area contributed by atoms with Gasteiger partial charge in [-0.2, -0.15) is 0 Å². The molecule has 17 heavy (non-hydrogen) atoms. The van der Waals surface area contributed by atoms with Crippen LogP contribution in [0.2, 0.25) is 0 Å². The molecule has 1 atom stereocenters. The molecule has 3 nitrogen and oxygen atoms in total. The summed E-state index contributed by atoms with van der Waals surface area (Å²) in [6.45, 7) is 4.59. The summed E-state index contributed by atoms with van der Waals surface area (Å²) < 4.78 is 0. The molecule has 1 heterocycles. The lowest BCUT2D eigenvalue weighted by Crippen LogP contribution is -2.24. The van der Waals surface area contributed by atoms with Gasteiger partial charge in [-0.3, -0.25) is 0 Å². The third-order valence-corrected chi connectivity index (χ3v) is 4.04.